The average molecular weight is 327 g/mol. The van der Waals surface area contributed by atoms with E-state index in [1.807, 2.05) is 0 Å². The van der Waals surface area contributed by atoms with E-state index in [4.69, 9.17) is 5.11 Å². The summed E-state index contributed by atoms with van der Waals surface area (Å²) < 4.78 is 37.6. The first-order chi connectivity index (χ1) is 10.8. The molecule has 1 aromatic carbocycles. The van der Waals surface area contributed by atoms with Gasteiger partial charge in [-0.3, -0.25) is 4.79 Å². The molecule has 1 aromatic rings. The monoisotopic (exact) mass is 327 g/mol. The number of nitrogens with one attached hydrogen (secondary N) is 1. The third-order valence-corrected chi connectivity index (χ3v) is 4.45. The molecule has 2 fully saturated rings. The first kappa shape index (κ1) is 15.8. The number of amides is 1. The summed E-state index contributed by atoms with van der Waals surface area (Å²) in [5.41, 5.74) is -0.0426. The lowest BCUT2D eigenvalue weighted by Crippen LogP contribution is -2.43. The van der Waals surface area contributed by atoms with Gasteiger partial charge < -0.3 is 10.4 Å². The van der Waals surface area contributed by atoms with Gasteiger partial charge in [0.25, 0.3) is 0 Å². The summed E-state index contributed by atoms with van der Waals surface area (Å²) in [6.45, 7) is 0. The summed E-state index contributed by atoms with van der Waals surface area (Å²) in [6, 6.07) is 3.93. The number of aliphatic carboxylic acids is 1. The maximum Gasteiger partial charge on any atom is 0.416 e. The van der Waals surface area contributed by atoms with Crippen LogP contribution in [-0.2, 0) is 15.8 Å². The van der Waals surface area contributed by atoms with Crippen molar-refractivity contribution in [2.75, 3.05) is 0 Å². The van der Waals surface area contributed by atoms with Crippen LogP contribution in [0, 0.1) is 11.8 Å². The van der Waals surface area contributed by atoms with Gasteiger partial charge in [-0.15, -0.1) is 0 Å². The van der Waals surface area contributed by atoms with Crippen LogP contribution in [-0.4, -0.2) is 23.0 Å². The molecule has 0 aliphatic heterocycles. The lowest BCUT2D eigenvalue weighted by Gasteiger charge is -2.13. The summed E-state index contributed by atoms with van der Waals surface area (Å²) in [6.07, 6.45) is -2.25. The van der Waals surface area contributed by atoms with Crippen LogP contribution in [0.3, 0.4) is 0 Å². The van der Waals surface area contributed by atoms with Crippen molar-refractivity contribution in [2.24, 2.45) is 11.8 Å². The van der Waals surface area contributed by atoms with Crippen LogP contribution in [0.5, 0.6) is 0 Å². The predicted molar refractivity (Wildman–Crippen MR) is 74.6 cm³/mol. The van der Waals surface area contributed by atoms with Crippen molar-refractivity contribution in [3.63, 3.8) is 0 Å². The molecule has 2 aliphatic rings. The molecule has 4 nitrogen and oxygen atoms in total. The highest BCUT2D eigenvalue weighted by Gasteiger charge is 2.46. The average Bonchev–Trinajstić information content (AvgIpc) is 3.36. The van der Waals surface area contributed by atoms with Gasteiger partial charge in [-0.25, -0.2) is 4.79 Å². The zero-order valence-electron chi connectivity index (χ0n) is 12.1. The third-order valence-electron chi connectivity index (χ3n) is 4.45. The SMILES string of the molecule is O=C(NC(C(=O)O)C1CC1)C1CC1c1ccc(C(F)(F)F)cc1. The zero-order chi connectivity index (χ0) is 16.8. The summed E-state index contributed by atoms with van der Waals surface area (Å²) in [5, 5.41) is 11.7. The van der Waals surface area contributed by atoms with E-state index in [1.54, 1.807) is 0 Å². The number of halogens is 3. The number of alkyl halides is 3. The molecule has 124 valence electrons. The number of hydrogen-bond donors (Lipinski definition) is 2. The van der Waals surface area contributed by atoms with E-state index in [0.717, 1.165) is 25.0 Å². The summed E-state index contributed by atoms with van der Waals surface area (Å²) in [5.74, 6) is -1.85. The van der Waals surface area contributed by atoms with E-state index < -0.39 is 23.8 Å². The Labute approximate surface area is 130 Å². The summed E-state index contributed by atoms with van der Waals surface area (Å²) >= 11 is 0. The molecule has 0 aromatic heterocycles. The Morgan fingerprint density at radius 1 is 1.17 bits per heavy atom. The van der Waals surface area contributed by atoms with Gasteiger partial charge in [0.15, 0.2) is 0 Å². The standard InChI is InChI=1S/C16H16F3NO3/c17-16(18,19)10-5-3-8(4-6-10)11-7-12(11)14(21)20-13(15(22)23)9-1-2-9/h3-6,9,11-13H,1-2,7H2,(H,20,21)(H,22,23). The number of rotatable bonds is 5. The molecule has 0 saturated heterocycles. The second-order valence-corrected chi connectivity index (χ2v) is 6.23. The minimum absolute atomic E-state index is 0.000260. The molecular formula is C16H16F3NO3. The molecule has 0 radical (unpaired) electrons. The van der Waals surface area contributed by atoms with Crippen molar-refractivity contribution in [1.29, 1.82) is 0 Å². The minimum atomic E-state index is -4.38. The number of carboxylic acid groups (broad SMARTS) is 1. The van der Waals surface area contributed by atoms with Crippen molar-refractivity contribution < 1.29 is 27.9 Å². The molecule has 2 saturated carbocycles. The molecular weight excluding hydrogens is 311 g/mol. The molecule has 23 heavy (non-hydrogen) atoms. The number of carboxylic acids is 1. The summed E-state index contributed by atoms with van der Waals surface area (Å²) in [7, 11) is 0. The van der Waals surface area contributed by atoms with Gasteiger partial charge in [0.05, 0.1) is 5.56 Å². The fourth-order valence-electron chi connectivity index (χ4n) is 2.84. The number of carbonyl (C=O) groups excluding carboxylic acids is 1. The number of hydrogen-bond acceptors (Lipinski definition) is 2. The fourth-order valence-corrected chi connectivity index (χ4v) is 2.84. The Bertz CT molecular complexity index is 622. The zero-order valence-corrected chi connectivity index (χ0v) is 12.1. The molecule has 0 spiro atoms. The molecule has 0 bridgehead atoms. The van der Waals surface area contributed by atoms with E-state index in [-0.39, 0.29) is 23.7 Å². The highest BCUT2D eigenvalue weighted by molar-refractivity contribution is 5.87. The van der Waals surface area contributed by atoms with E-state index in [9.17, 15) is 22.8 Å². The Hall–Kier alpha value is -2.05. The van der Waals surface area contributed by atoms with Crippen molar-refractivity contribution in [1.82, 2.24) is 5.32 Å². The number of carbonyl (C=O) groups is 2. The molecule has 2 N–H and O–H groups in total. The van der Waals surface area contributed by atoms with Gasteiger partial charge in [0, 0.05) is 5.92 Å². The third kappa shape index (κ3) is 3.48. The largest absolute Gasteiger partial charge is 0.480 e. The lowest BCUT2D eigenvalue weighted by molar-refractivity contribution is -0.142. The van der Waals surface area contributed by atoms with Gasteiger partial charge in [-0.1, -0.05) is 12.1 Å². The second kappa shape index (κ2) is 5.54. The molecule has 0 heterocycles. The lowest BCUT2D eigenvalue weighted by atomic mass is 10.1. The van der Waals surface area contributed by atoms with Crippen LogP contribution in [0.2, 0.25) is 0 Å². The van der Waals surface area contributed by atoms with Crippen LogP contribution in [0.1, 0.15) is 36.3 Å². The van der Waals surface area contributed by atoms with Gasteiger partial charge >= 0.3 is 12.1 Å². The smallest absolute Gasteiger partial charge is 0.416 e. The Morgan fingerprint density at radius 3 is 2.26 bits per heavy atom. The van der Waals surface area contributed by atoms with Crippen molar-refractivity contribution in [3.05, 3.63) is 35.4 Å². The Morgan fingerprint density at radius 2 is 1.78 bits per heavy atom. The van der Waals surface area contributed by atoms with Crippen molar-refractivity contribution in [2.45, 2.75) is 37.4 Å². The quantitative estimate of drug-likeness (QED) is 0.874. The van der Waals surface area contributed by atoms with Crippen LogP contribution >= 0.6 is 0 Å². The topological polar surface area (TPSA) is 66.4 Å². The fraction of sp³-hybridized carbons (Fsp3) is 0.500. The summed E-state index contributed by atoms with van der Waals surface area (Å²) in [4.78, 5) is 23.2. The molecule has 7 heteroatoms. The van der Waals surface area contributed by atoms with Crippen molar-refractivity contribution >= 4 is 11.9 Å². The van der Waals surface area contributed by atoms with Gasteiger partial charge in [-0.05, 0) is 48.8 Å². The minimum Gasteiger partial charge on any atom is -0.480 e. The van der Waals surface area contributed by atoms with Crippen LogP contribution < -0.4 is 5.32 Å². The number of benzene rings is 1. The van der Waals surface area contributed by atoms with Crippen LogP contribution in [0.4, 0.5) is 13.2 Å². The normalized spacial score (nSPS) is 24.8. The highest BCUT2D eigenvalue weighted by atomic mass is 19.4. The van der Waals surface area contributed by atoms with Crippen LogP contribution in [0.25, 0.3) is 0 Å². The second-order valence-electron chi connectivity index (χ2n) is 6.23. The van der Waals surface area contributed by atoms with Gasteiger partial charge in [-0.2, -0.15) is 13.2 Å². The molecule has 2 aliphatic carbocycles. The molecule has 3 unspecified atom stereocenters. The maximum absolute atomic E-state index is 12.5. The molecule has 3 rings (SSSR count). The van der Waals surface area contributed by atoms with Gasteiger partial charge in [0.2, 0.25) is 5.91 Å². The maximum atomic E-state index is 12.5. The van der Waals surface area contributed by atoms with E-state index in [0.29, 0.717) is 12.0 Å². The van der Waals surface area contributed by atoms with Gasteiger partial charge in [0.1, 0.15) is 6.04 Å². The van der Waals surface area contributed by atoms with Crippen molar-refractivity contribution in [3.8, 4) is 0 Å². The highest BCUT2D eigenvalue weighted by Crippen LogP contribution is 2.48. The van der Waals surface area contributed by atoms with E-state index >= 15 is 0 Å². The van der Waals surface area contributed by atoms with E-state index in [2.05, 4.69) is 5.32 Å². The predicted octanol–water partition coefficient (Wildman–Crippen LogP) is 2.79. The molecule has 1 amide bonds. The first-order valence-corrected chi connectivity index (χ1v) is 7.47. The Balaban J connectivity index is 1.60. The molecule has 3 atom stereocenters. The van der Waals surface area contributed by atoms with Crippen LogP contribution in [0.15, 0.2) is 24.3 Å². The Kier molecular flexibility index (Phi) is 3.82. The van der Waals surface area contributed by atoms with E-state index in [1.165, 1.54) is 12.1 Å². The first-order valence-electron chi connectivity index (χ1n) is 7.47.